The summed E-state index contributed by atoms with van der Waals surface area (Å²) in [6.45, 7) is 5.05. The van der Waals surface area contributed by atoms with Gasteiger partial charge in [0, 0.05) is 13.6 Å². The van der Waals surface area contributed by atoms with Gasteiger partial charge in [-0.25, -0.2) is 0 Å². The van der Waals surface area contributed by atoms with Crippen molar-refractivity contribution in [1.82, 2.24) is 9.78 Å². The second-order valence-corrected chi connectivity index (χ2v) is 3.87. The quantitative estimate of drug-likeness (QED) is 0.573. The monoisotopic (exact) mass is 222 g/mol. The SMILES string of the molecule is C/C=C/CCNc1c(N)c(CCC)nn1C. The molecule has 16 heavy (non-hydrogen) atoms. The normalized spacial score (nSPS) is 11.2. The molecule has 0 saturated heterocycles. The lowest BCUT2D eigenvalue weighted by Crippen LogP contribution is -2.07. The van der Waals surface area contributed by atoms with E-state index in [1.54, 1.807) is 0 Å². The standard InChI is InChI=1S/C12H22N4/c1-4-6-7-9-14-12-11(13)10(8-5-2)15-16(12)3/h4,6,14H,5,7-9,13H2,1-3H3/b6-4+. The summed E-state index contributed by atoms with van der Waals surface area (Å²) in [4.78, 5) is 0. The third-order valence-corrected chi connectivity index (χ3v) is 2.49. The molecule has 0 aliphatic heterocycles. The molecule has 0 unspecified atom stereocenters. The molecule has 0 radical (unpaired) electrons. The van der Waals surface area contributed by atoms with Crippen LogP contribution in [0.5, 0.6) is 0 Å². The van der Waals surface area contributed by atoms with Gasteiger partial charge >= 0.3 is 0 Å². The van der Waals surface area contributed by atoms with Gasteiger partial charge in [0.25, 0.3) is 0 Å². The minimum atomic E-state index is 0.796. The van der Waals surface area contributed by atoms with Gasteiger partial charge in [-0.3, -0.25) is 4.68 Å². The van der Waals surface area contributed by atoms with E-state index in [9.17, 15) is 0 Å². The fourth-order valence-corrected chi connectivity index (χ4v) is 1.67. The first-order valence-electron chi connectivity index (χ1n) is 5.87. The highest BCUT2D eigenvalue weighted by atomic mass is 15.3. The van der Waals surface area contributed by atoms with E-state index in [-0.39, 0.29) is 0 Å². The van der Waals surface area contributed by atoms with Crippen molar-refractivity contribution in [3.05, 3.63) is 17.8 Å². The van der Waals surface area contributed by atoms with Crippen molar-refractivity contribution in [2.75, 3.05) is 17.6 Å². The Kier molecular flexibility index (Phi) is 4.89. The number of nitrogen functional groups attached to an aromatic ring is 1. The molecule has 0 bridgehead atoms. The number of nitrogens with two attached hydrogens (primary N) is 1. The molecule has 1 aromatic heterocycles. The largest absolute Gasteiger partial charge is 0.394 e. The van der Waals surface area contributed by atoms with Crippen molar-refractivity contribution < 1.29 is 0 Å². The van der Waals surface area contributed by atoms with E-state index in [4.69, 9.17) is 5.73 Å². The minimum absolute atomic E-state index is 0.796. The molecule has 4 nitrogen and oxygen atoms in total. The Balaban J connectivity index is 2.64. The highest BCUT2D eigenvalue weighted by Crippen LogP contribution is 2.22. The minimum Gasteiger partial charge on any atom is -0.394 e. The summed E-state index contributed by atoms with van der Waals surface area (Å²) in [7, 11) is 1.92. The third-order valence-electron chi connectivity index (χ3n) is 2.49. The number of anilines is 2. The van der Waals surface area contributed by atoms with Gasteiger partial charge in [0.2, 0.25) is 0 Å². The number of hydrogen-bond donors (Lipinski definition) is 2. The zero-order chi connectivity index (χ0) is 12.0. The lowest BCUT2D eigenvalue weighted by Gasteiger charge is -2.05. The molecule has 0 aromatic carbocycles. The predicted molar refractivity (Wildman–Crippen MR) is 69.5 cm³/mol. The number of nitrogens with one attached hydrogen (secondary N) is 1. The van der Waals surface area contributed by atoms with Gasteiger partial charge in [-0.05, 0) is 19.8 Å². The first kappa shape index (κ1) is 12.6. The molecule has 0 aliphatic carbocycles. The number of rotatable bonds is 6. The summed E-state index contributed by atoms with van der Waals surface area (Å²) in [6, 6.07) is 0. The topological polar surface area (TPSA) is 55.9 Å². The first-order valence-corrected chi connectivity index (χ1v) is 5.87. The smallest absolute Gasteiger partial charge is 0.147 e. The zero-order valence-corrected chi connectivity index (χ0v) is 10.5. The maximum absolute atomic E-state index is 6.04. The molecule has 1 rings (SSSR count). The van der Waals surface area contributed by atoms with Crippen LogP contribution in [0, 0.1) is 0 Å². The molecule has 0 amide bonds. The fourth-order valence-electron chi connectivity index (χ4n) is 1.67. The lowest BCUT2D eigenvalue weighted by atomic mass is 10.2. The highest BCUT2D eigenvalue weighted by Gasteiger charge is 2.11. The van der Waals surface area contributed by atoms with Gasteiger partial charge in [0.05, 0.1) is 11.4 Å². The Morgan fingerprint density at radius 3 is 2.88 bits per heavy atom. The Morgan fingerprint density at radius 1 is 1.50 bits per heavy atom. The maximum atomic E-state index is 6.04. The van der Waals surface area contributed by atoms with Gasteiger partial charge in [0.15, 0.2) is 0 Å². The third kappa shape index (κ3) is 3.02. The van der Waals surface area contributed by atoms with Gasteiger partial charge in [-0.15, -0.1) is 0 Å². The van der Waals surface area contributed by atoms with E-state index >= 15 is 0 Å². The van der Waals surface area contributed by atoms with E-state index in [1.165, 1.54) is 0 Å². The molecule has 4 heteroatoms. The number of aromatic nitrogens is 2. The summed E-state index contributed by atoms with van der Waals surface area (Å²) in [5.41, 5.74) is 7.84. The summed E-state index contributed by atoms with van der Waals surface area (Å²) in [5.74, 6) is 0.938. The van der Waals surface area contributed by atoms with Crippen LogP contribution in [-0.2, 0) is 13.5 Å². The Morgan fingerprint density at radius 2 is 2.25 bits per heavy atom. The summed E-state index contributed by atoms with van der Waals surface area (Å²) >= 11 is 0. The van der Waals surface area contributed by atoms with Crippen LogP contribution in [-0.4, -0.2) is 16.3 Å². The predicted octanol–water partition coefficient (Wildman–Crippen LogP) is 2.33. The number of hydrogen-bond acceptors (Lipinski definition) is 3. The molecule has 3 N–H and O–H groups in total. The molecule has 1 heterocycles. The van der Waals surface area contributed by atoms with Gasteiger partial charge in [-0.2, -0.15) is 5.10 Å². The van der Waals surface area contributed by atoms with Crippen LogP contribution in [0.4, 0.5) is 11.5 Å². The van der Waals surface area contributed by atoms with Gasteiger partial charge in [-0.1, -0.05) is 25.5 Å². The first-order chi connectivity index (χ1) is 7.70. The van der Waals surface area contributed by atoms with Crippen LogP contribution < -0.4 is 11.1 Å². The fraction of sp³-hybridized carbons (Fsp3) is 0.583. The number of allylic oxidation sites excluding steroid dienone is 1. The van der Waals surface area contributed by atoms with Gasteiger partial charge < -0.3 is 11.1 Å². The summed E-state index contributed by atoms with van der Waals surface area (Å²) in [6.07, 6.45) is 7.20. The summed E-state index contributed by atoms with van der Waals surface area (Å²) in [5, 5.41) is 7.73. The second-order valence-electron chi connectivity index (χ2n) is 3.87. The van der Waals surface area contributed by atoms with Crippen molar-refractivity contribution >= 4 is 11.5 Å². The zero-order valence-electron chi connectivity index (χ0n) is 10.5. The van der Waals surface area contributed by atoms with Crippen molar-refractivity contribution in [2.45, 2.75) is 33.1 Å². The molecule has 0 aliphatic rings. The Hall–Kier alpha value is -1.45. The lowest BCUT2D eigenvalue weighted by molar-refractivity contribution is 0.735. The van der Waals surface area contributed by atoms with Crippen molar-refractivity contribution in [2.24, 2.45) is 7.05 Å². The van der Waals surface area contributed by atoms with E-state index in [2.05, 4.69) is 29.5 Å². The Labute approximate surface area is 97.5 Å². The van der Waals surface area contributed by atoms with Gasteiger partial charge in [0.1, 0.15) is 5.82 Å². The van der Waals surface area contributed by atoms with E-state index in [0.717, 1.165) is 43.0 Å². The van der Waals surface area contributed by atoms with E-state index in [0.29, 0.717) is 0 Å². The van der Waals surface area contributed by atoms with Crippen molar-refractivity contribution in [1.29, 1.82) is 0 Å². The van der Waals surface area contributed by atoms with Crippen LogP contribution in [0.25, 0.3) is 0 Å². The van der Waals surface area contributed by atoms with Crippen LogP contribution in [0.3, 0.4) is 0 Å². The Bertz CT molecular complexity index is 352. The van der Waals surface area contributed by atoms with Crippen LogP contribution in [0.2, 0.25) is 0 Å². The van der Waals surface area contributed by atoms with E-state index in [1.807, 2.05) is 18.7 Å². The molecule has 90 valence electrons. The molecule has 1 aromatic rings. The molecule has 0 saturated carbocycles. The van der Waals surface area contributed by atoms with Crippen LogP contribution in [0.1, 0.15) is 32.4 Å². The molecule has 0 spiro atoms. The highest BCUT2D eigenvalue weighted by molar-refractivity contribution is 5.65. The average Bonchev–Trinajstić information content (AvgIpc) is 2.52. The maximum Gasteiger partial charge on any atom is 0.147 e. The second kappa shape index (κ2) is 6.20. The molecular weight excluding hydrogens is 200 g/mol. The number of aryl methyl sites for hydroxylation is 2. The molecule has 0 atom stereocenters. The molecule has 0 fully saturated rings. The number of nitrogens with zero attached hydrogens (tertiary/aromatic N) is 2. The van der Waals surface area contributed by atoms with Crippen molar-refractivity contribution in [3.63, 3.8) is 0 Å². The molecular formula is C12H22N4. The average molecular weight is 222 g/mol. The van der Waals surface area contributed by atoms with Crippen molar-refractivity contribution in [3.8, 4) is 0 Å². The summed E-state index contributed by atoms with van der Waals surface area (Å²) < 4.78 is 1.83. The van der Waals surface area contributed by atoms with Crippen LogP contribution >= 0.6 is 0 Å². The van der Waals surface area contributed by atoms with E-state index < -0.39 is 0 Å². The van der Waals surface area contributed by atoms with Crippen LogP contribution in [0.15, 0.2) is 12.2 Å².